The number of rotatable bonds is 8. The zero-order valence-electron chi connectivity index (χ0n) is 11.7. The molecule has 0 radical (unpaired) electrons. The smallest absolute Gasteiger partial charge is 0.0438 e. The molecule has 1 aromatic rings. The average molecular weight is 280 g/mol. The van der Waals surface area contributed by atoms with Gasteiger partial charge >= 0.3 is 0 Å². The van der Waals surface area contributed by atoms with Gasteiger partial charge in [0.05, 0.1) is 0 Å². The summed E-state index contributed by atoms with van der Waals surface area (Å²) in [4.78, 5) is 2.32. The maximum Gasteiger partial charge on any atom is 0.0438 e. The lowest BCUT2D eigenvalue weighted by Gasteiger charge is -2.12. The van der Waals surface area contributed by atoms with Crippen molar-refractivity contribution in [1.82, 2.24) is 5.32 Å². The summed E-state index contributed by atoms with van der Waals surface area (Å²) in [6, 6.07) is 6.81. The summed E-state index contributed by atoms with van der Waals surface area (Å²) < 4.78 is 0. The van der Waals surface area contributed by atoms with Gasteiger partial charge in [-0.2, -0.15) is 11.8 Å². The molecule has 19 heavy (non-hydrogen) atoms. The molecule has 0 fully saturated rings. The number of hydrogen-bond acceptors (Lipinski definition) is 4. The predicted octanol–water partition coefficient (Wildman–Crippen LogP) is 1.88. The Kier molecular flexibility index (Phi) is 6.01. The highest BCUT2D eigenvalue weighted by atomic mass is 32.2. The second kappa shape index (κ2) is 7.78. The molecule has 0 aliphatic carbocycles. The van der Waals surface area contributed by atoms with Gasteiger partial charge in [-0.3, -0.25) is 0 Å². The van der Waals surface area contributed by atoms with Crippen molar-refractivity contribution in [3.8, 4) is 0 Å². The molecule has 1 aromatic carbocycles. The van der Waals surface area contributed by atoms with Crippen molar-refractivity contribution in [2.75, 3.05) is 43.1 Å². The highest BCUT2D eigenvalue weighted by Gasteiger charge is 2.15. The van der Waals surface area contributed by atoms with Crippen LogP contribution in [-0.4, -0.2) is 43.4 Å². The Balaban J connectivity index is 1.67. The Labute approximate surface area is 120 Å². The van der Waals surface area contributed by atoms with E-state index in [0.29, 0.717) is 6.61 Å². The normalized spacial score (nSPS) is 13.9. The summed E-state index contributed by atoms with van der Waals surface area (Å²) in [5, 5.41) is 12.2. The minimum atomic E-state index is 0.310. The van der Waals surface area contributed by atoms with E-state index < -0.39 is 0 Å². The number of benzene rings is 1. The van der Waals surface area contributed by atoms with Crippen LogP contribution in [0.3, 0.4) is 0 Å². The Morgan fingerprint density at radius 2 is 2.26 bits per heavy atom. The molecule has 0 bridgehead atoms. The first-order valence-corrected chi connectivity index (χ1v) is 8.19. The first-order chi connectivity index (χ1) is 9.31. The van der Waals surface area contributed by atoms with Gasteiger partial charge in [0, 0.05) is 44.7 Å². The first kappa shape index (κ1) is 14.7. The van der Waals surface area contributed by atoms with Crippen LogP contribution in [-0.2, 0) is 13.0 Å². The van der Waals surface area contributed by atoms with Gasteiger partial charge in [0.15, 0.2) is 0 Å². The van der Waals surface area contributed by atoms with Crippen LogP contribution < -0.4 is 10.2 Å². The molecule has 0 unspecified atom stereocenters. The summed E-state index contributed by atoms with van der Waals surface area (Å²) >= 11 is 1.90. The third-order valence-corrected chi connectivity index (χ3v) is 4.54. The van der Waals surface area contributed by atoms with E-state index in [1.807, 2.05) is 11.8 Å². The van der Waals surface area contributed by atoms with E-state index in [4.69, 9.17) is 5.11 Å². The molecule has 0 amide bonds. The number of anilines is 1. The highest BCUT2D eigenvalue weighted by molar-refractivity contribution is 7.99. The second-order valence-corrected chi connectivity index (χ2v) is 6.23. The van der Waals surface area contributed by atoms with Crippen LogP contribution in [0.2, 0.25) is 0 Å². The minimum Gasteiger partial charge on any atom is -0.396 e. The fourth-order valence-electron chi connectivity index (χ4n) is 2.38. The van der Waals surface area contributed by atoms with Crippen LogP contribution >= 0.6 is 11.8 Å². The SMILES string of the molecule is CN1CCc2cc(CNCCSCCCO)ccc21. The largest absolute Gasteiger partial charge is 0.396 e. The van der Waals surface area contributed by atoms with Gasteiger partial charge in [0.25, 0.3) is 0 Å². The van der Waals surface area contributed by atoms with E-state index >= 15 is 0 Å². The molecule has 2 N–H and O–H groups in total. The van der Waals surface area contributed by atoms with Crippen molar-refractivity contribution in [2.24, 2.45) is 0 Å². The van der Waals surface area contributed by atoms with Crippen LogP contribution in [0.25, 0.3) is 0 Å². The van der Waals surface area contributed by atoms with E-state index in [-0.39, 0.29) is 0 Å². The van der Waals surface area contributed by atoms with Crippen molar-refractivity contribution >= 4 is 17.4 Å². The third kappa shape index (κ3) is 4.41. The fourth-order valence-corrected chi connectivity index (χ4v) is 3.20. The molecular formula is C15H24N2OS. The fraction of sp³-hybridized carbons (Fsp3) is 0.600. The number of likely N-dealkylation sites (N-methyl/N-ethyl adjacent to an activating group) is 1. The number of aliphatic hydroxyl groups is 1. The van der Waals surface area contributed by atoms with Gasteiger partial charge in [0.1, 0.15) is 0 Å². The third-order valence-electron chi connectivity index (χ3n) is 3.47. The molecule has 4 heteroatoms. The number of nitrogens with zero attached hydrogens (tertiary/aromatic N) is 1. The predicted molar refractivity (Wildman–Crippen MR) is 84.2 cm³/mol. The number of hydrogen-bond donors (Lipinski definition) is 2. The van der Waals surface area contributed by atoms with Gasteiger partial charge in [-0.1, -0.05) is 12.1 Å². The van der Waals surface area contributed by atoms with E-state index in [2.05, 4.69) is 35.5 Å². The lowest BCUT2D eigenvalue weighted by molar-refractivity contribution is 0.296. The number of thioether (sulfide) groups is 1. The molecule has 0 aromatic heterocycles. The molecule has 1 heterocycles. The van der Waals surface area contributed by atoms with Crippen molar-refractivity contribution in [2.45, 2.75) is 19.4 Å². The first-order valence-electron chi connectivity index (χ1n) is 7.03. The molecule has 0 saturated carbocycles. The zero-order chi connectivity index (χ0) is 13.5. The van der Waals surface area contributed by atoms with E-state index in [0.717, 1.165) is 37.6 Å². The van der Waals surface area contributed by atoms with Crippen molar-refractivity contribution < 1.29 is 5.11 Å². The van der Waals surface area contributed by atoms with Crippen LogP contribution in [0.5, 0.6) is 0 Å². The Morgan fingerprint density at radius 3 is 3.11 bits per heavy atom. The molecule has 106 valence electrons. The molecule has 0 atom stereocenters. The molecule has 2 rings (SSSR count). The van der Waals surface area contributed by atoms with Gasteiger partial charge in [0.2, 0.25) is 0 Å². The standard InChI is InChI=1S/C15H24N2OS/c1-17-7-5-14-11-13(3-4-15(14)17)12-16-6-10-19-9-2-8-18/h3-4,11,16,18H,2,5-10,12H2,1H3. The molecule has 0 saturated heterocycles. The highest BCUT2D eigenvalue weighted by Crippen LogP contribution is 2.27. The van der Waals surface area contributed by atoms with Crippen molar-refractivity contribution in [3.63, 3.8) is 0 Å². The lowest BCUT2D eigenvalue weighted by atomic mass is 10.1. The van der Waals surface area contributed by atoms with Gasteiger partial charge in [-0.05, 0) is 35.8 Å². The van der Waals surface area contributed by atoms with Gasteiger partial charge < -0.3 is 15.3 Å². The second-order valence-electron chi connectivity index (χ2n) is 5.00. The number of nitrogens with one attached hydrogen (secondary N) is 1. The van der Waals surface area contributed by atoms with Gasteiger partial charge in [-0.15, -0.1) is 0 Å². The molecule has 3 nitrogen and oxygen atoms in total. The Hall–Kier alpha value is -0.710. The topological polar surface area (TPSA) is 35.5 Å². The maximum atomic E-state index is 8.68. The molecule has 1 aliphatic heterocycles. The minimum absolute atomic E-state index is 0.310. The molecular weight excluding hydrogens is 256 g/mol. The van der Waals surface area contributed by atoms with Crippen LogP contribution in [0.1, 0.15) is 17.5 Å². The summed E-state index contributed by atoms with van der Waals surface area (Å²) in [7, 11) is 2.16. The van der Waals surface area contributed by atoms with Crippen LogP contribution in [0, 0.1) is 0 Å². The van der Waals surface area contributed by atoms with Crippen LogP contribution in [0.4, 0.5) is 5.69 Å². The quantitative estimate of drug-likeness (QED) is 0.713. The average Bonchev–Trinajstić information content (AvgIpc) is 2.79. The molecule has 1 aliphatic rings. The van der Waals surface area contributed by atoms with Crippen molar-refractivity contribution in [3.05, 3.63) is 29.3 Å². The number of fused-ring (bicyclic) bond motifs is 1. The maximum absolute atomic E-state index is 8.68. The van der Waals surface area contributed by atoms with E-state index in [1.54, 1.807) is 0 Å². The summed E-state index contributed by atoms with van der Waals surface area (Å²) in [6.45, 7) is 3.45. The van der Waals surface area contributed by atoms with E-state index in [1.165, 1.54) is 23.2 Å². The van der Waals surface area contributed by atoms with Crippen molar-refractivity contribution in [1.29, 1.82) is 0 Å². The lowest BCUT2D eigenvalue weighted by Crippen LogP contribution is -2.17. The summed E-state index contributed by atoms with van der Waals surface area (Å²) in [6.07, 6.45) is 2.08. The zero-order valence-corrected chi connectivity index (χ0v) is 12.5. The number of aliphatic hydroxyl groups excluding tert-OH is 1. The molecule has 0 spiro atoms. The Morgan fingerprint density at radius 1 is 1.37 bits per heavy atom. The van der Waals surface area contributed by atoms with E-state index in [9.17, 15) is 0 Å². The Bertz CT molecular complexity index is 398. The monoisotopic (exact) mass is 280 g/mol. The van der Waals surface area contributed by atoms with Crippen LogP contribution in [0.15, 0.2) is 18.2 Å². The summed E-state index contributed by atoms with van der Waals surface area (Å²) in [5.41, 5.74) is 4.26. The summed E-state index contributed by atoms with van der Waals surface area (Å²) in [5.74, 6) is 2.18. The van der Waals surface area contributed by atoms with Gasteiger partial charge in [-0.25, -0.2) is 0 Å².